The van der Waals surface area contributed by atoms with E-state index >= 15 is 0 Å². The Morgan fingerprint density at radius 2 is 2.33 bits per heavy atom. The lowest BCUT2D eigenvalue weighted by molar-refractivity contribution is 0.0441. The molecule has 1 N–H and O–H groups in total. The SMILES string of the molecule is CCC1(O)C=CC=CC1CC#N. The van der Waals surface area contributed by atoms with Gasteiger partial charge in [-0.1, -0.05) is 31.2 Å². The zero-order valence-corrected chi connectivity index (χ0v) is 7.20. The molecule has 0 amide bonds. The minimum absolute atomic E-state index is 0.0440. The van der Waals surface area contributed by atoms with Gasteiger partial charge in [0.1, 0.15) is 0 Å². The van der Waals surface area contributed by atoms with E-state index in [4.69, 9.17) is 5.26 Å². The van der Waals surface area contributed by atoms with Gasteiger partial charge in [-0.05, 0) is 6.42 Å². The predicted molar refractivity (Wildman–Crippen MR) is 47.2 cm³/mol. The maximum Gasteiger partial charge on any atom is 0.0900 e. The summed E-state index contributed by atoms with van der Waals surface area (Å²) in [5.41, 5.74) is -0.801. The molecule has 2 atom stereocenters. The fourth-order valence-corrected chi connectivity index (χ4v) is 1.43. The Morgan fingerprint density at radius 3 is 2.92 bits per heavy atom. The van der Waals surface area contributed by atoms with Crippen LogP contribution < -0.4 is 0 Å². The van der Waals surface area contributed by atoms with Gasteiger partial charge in [0, 0.05) is 12.3 Å². The average Bonchev–Trinajstić information content (AvgIpc) is 2.10. The molecule has 2 unspecified atom stereocenters. The lowest BCUT2D eigenvalue weighted by Crippen LogP contribution is -2.35. The second-order valence-electron chi connectivity index (χ2n) is 3.06. The molecule has 0 aliphatic heterocycles. The highest BCUT2D eigenvalue weighted by atomic mass is 16.3. The fraction of sp³-hybridized carbons (Fsp3) is 0.500. The van der Waals surface area contributed by atoms with Crippen molar-refractivity contribution in [3.8, 4) is 6.07 Å². The van der Waals surface area contributed by atoms with Gasteiger partial charge in [-0.3, -0.25) is 0 Å². The first kappa shape index (κ1) is 9.02. The van der Waals surface area contributed by atoms with Crippen molar-refractivity contribution in [1.29, 1.82) is 5.26 Å². The van der Waals surface area contributed by atoms with Crippen LogP contribution in [0.4, 0.5) is 0 Å². The molecule has 1 aliphatic rings. The van der Waals surface area contributed by atoms with Crippen LogP contribution in [0.5, 0.6) is 0 Å². The van der Waals surface area contributed by atoms with Gasteiger partial charge >= 0.3 is 0 Å². The second kappa shape index (κ2) is 3.55. The van der Waals surface area contributed by atoms with E-state index in [2.05, 4.69) is 6.07 Å². The summed E-state index contributed by atoms with van der Waals surface area (Å²) in [5, 5.41) is 18.5. The highest BCUT2D eigenvalue weighted by Gasteiger charge is 2.31. The first-order valence-corrected chi connectivity index (χ1v) is 4.18. The minimum Gasteiger partial charge on any atom is -0.385 e. The van der Waals surface area contributed by atoms with Gasteiger partial charge in [-0.2, -0.15) is 5.26 Å². The molecule has 2 nitrogen and oxygen atoms in total. The van der Waals surface area contributed by atoms with E-state index in [0.717, 1.165) is 0 Å². The number of rotatable bonds is 2. The highest BCUT2D eigenvalue weighted by molar-refractivity contribution is 5.22. The molecule has 0 saturated carbocycles. The van der Waals surface area contributed by atoms with Gasteiger partial charge in [-0.15, -0.1) is 0 Å². The first-order chi connectivity index (χ1) is 5.73. The van der Waals surface area contributed by atoms with Gasteiger partial charge in [0.05, 0.1) is 11.7 Å². The Hall–Kier alpha value is -1.07. The maximum absolute atomic E-state index is 9.98. The van der Waals surface area contributed by atoms with Gasteiger partial charge in [0.25, 0.3) is 0 Å². The molecule has 0 saturated heterocycles. The summed E-state index contributed by atoms with van der Waals surface area (Å²) >= 11 is 0. The lowest BCUT2D eigenvalue weighted by atomic mass is 9.80. The van der Waals surface area contributed by atoms with Crippen molar-refractivity contribution in [3.05, 3.63) is 24.3 Å². The molecule has 0 aromatic rings. The molecule has 0 heterocycles. The predicted octanol–water partition coefficient (Wildman–Crippen LogP) is 1.78. The van der Waals surface area contributed by atoms with Crippen molar-refractivity contribution in [3.63, 3.8) is 0 Å². The number of hydrogen-bond donors (Lipinski definition) is 1. The molecule has 0 spiro atoms. The molecule has 0 bridgehead atoms. The third-order valence-electron chi connectivity index (χ3n) is 2.36. The summed E-state index contributed by atoms with van der Waals surface area (Å²) in [6.07, 6.45) is 8.41. The van der Waals surface area contributed by atoms with Crippen LogP contribution in [0, 0.1) is 17.2 Å². The zero-order valence-electron chi connectivity index (χ0n) is 7.20. The van der Waals surface area contributed by atoms with E-state index in [1.807, 2.05) is 25.2 Å². The third-order valence-corrected chi connectivity index (χ3v) is 2.36. The van der Waals surface area contributed by atoms with Crippen LogP contribution in [0.3, 0.4) is 0 Å². The van der Waals surface area contributed by atoms with Crippen LogP contribution in [-0.2, 0) is 0 Å². The zero-order chi connectivity index (χ0) is 9.03. The highest BCUT2D eigenvalue weighted by Crippen LogP contribution is 2.29. The maximum atomic E-state index is 9.98. The largest absolute Gasteiger partial charge is 0.385 e. The number of hydrogen-bond acceptors (Lipinski definition) is 2. The van der Waals surface area contributed by atoms with Crippen LogP contribution in [0.2, 0.25) is 0 Å². The summed E-state index contributed by atoms with van der Waals surface area (Å²) < 4.78 is 0. The van der Waals surface area contributed by atoms with E-state index in [1.54, 1.807) is 6.08 Å². The molecule has 12 heavy (non-hydrogen) atoms. The van der Waals surface area contributed by atoms with Crippen molar-refractivity contribution in [2.75, 3.05) is 0 Å². The van der Waals surface area contributed by atoms with E-state index in [9.17, 15) is 5.11 Å². The van der Waals surface area contributed by atoms with Gasteiger partial charge in [0.15, 0.2) is 0 Å². The third kappa shape index (κ3) is 1.57. The van der Waals surface area contributed by atoms with Gasteiger partial charge in [0.2, 0.25) is 0 Å². The first-order valence-electron chi connectivity index (χ1n) is 4.18. The van der Waals surface area contributed by atoms with Crippen molar-refractivity contribution < 1.29 is 5.11 Å². The Kier molecular flexibility index (Phi) is 2.67. The van der Waals surface area contributed by atoms with E-state index in [-0.39, 0.29) is 5.92 Å². The lowest BCUT2D eigenvalue weighted by Gasteiger charge is -2.31. The molecular weight excluding hydrogens is 150 g/mol. The number of aliphatic hydroxyl groups is 1. The summed E-state index contributed by atoms with van der Waals surface area (Å²) in [6, 6.07) is 2.08. The molecule has 0 aromatic heterocycles. The summed E-state index contributed by atoms with van der Waals surface area (Å²) in [6.45, 7) is 1.92. The second-order valence-corrected chi connectivity index (χ2v) is 3.06. The molecule has 0 aromatic carbocycles. The van der Waals surface area contributed by atoms with Crippen LogP contribution in [0.25, 0.3) is 0 Å². The van der Waals surface area contributed by atoms with Crippen molar-refractivity contribution >= 4 is 0 Å². The smallest absolute Gasteiger partial charge is 0.0900 e. The van der Waals surface area contributed by atoms with Crippen LogP contribution >= 0.6 is 0 Å². The molecule has 0 fully saturated rings. The van der Waals surface area contributed by atoms with Crippen molar-refractivity contribution in [1.82, 2.24) is 0 Å². The summed E-state index contributed by atoms with van der Waals surface area (Å²) in [4.78, 5) is 0. The normalized spacial score (nSPS) is 33.2. The number of nitriles is 1. The summed E-state index contributed by atoms with van der Waals surface area (Å²) in [7, 11) is 0. The van der Waals surface area contributed by atoms with Crippen molar-refractivity contribution in [2.24, 2.45) is 5.92 Å². The fourth-order valence-electron chi connectivity index (χ4n) is 1.43. The number of allylic oxidation sites excluding steroid dienone is 2. The van der Waals surface area contributed by atoms with E-state index < -0.39 is 5.60 Å². The number of nitrogens with zero attached hydrogens (tertiary/aromatic N) is 1. The standard InChI is InChI=1S/C10H13NO/c1-2-10(12)7-4-3-5-9(10)6-8-11/h3-5,7,9,12H,2,6H2,1H3. The Morgan fingerprint density at radius 1 is 1.58 bits per heavy atom. The molecule has 1 rings (SSSR count). The Bertz CT molecular complexity index is 249. The van der Waals surface area contributed by atoms with Crippen molar-refractivity contribution in [2.45, 2.75) is 25.4 Å². The van der Waals surface area contributed by atoms with E-state index in [0.29, 0.717) is 12.8 Å². The molecule has 64 valence electrons. The molecule has 2 heteroatoms. The van der Waals surface area contributed by atoms with Crippen LogP contribution in [0.1, 0.15) is 19.8 Å². The molecular formula is C10H13NO. The van der Waals surface area contributed by atoms with E-state index in [1.165, 1.54) is 0 Å². The van der Waals surface area contributed by atoms with Gasteiger partial charge < -0.3 is 5.11 Å². The topological polar surface area (TPSA) is 44.0 Å². The van der Waals surface area contributed by atoms with Crippen LogP contribution in [-0.4, -0.2) is 10.7 Å². The minimum atomic E-state index is -0.801. The summed E-state index contributed by atoms with van der Waals surface area (Å²) in [5.74, 6) is -0.0440. The van der Waals surface area contributed by atoms with Crippen LogP contribution in [0.15, 0.2) is 24.3 Å². The Labute approximate surface area is 72.8 Å². The Balaban J connectivity index is 2.78. The quantitative estimate of drug-likeness (QED) is 0.674. The average molecular weight is 163 g/mol. The molecule has 1 aliphatic carbocycles. The molecule has 0 radical (unpaired) electrons. The monoisotopic (exact) mass is 163 g/mol. The van der Waals surface area contributed by atoms with Gasteiger partial charge in [-0.25, -0.2) is 0 Å².